The van der Waals surface area contributed by atoms with Crippen molar-refractivity contribution >= 4 is 5.97 Å². The highest BCUT2D eigenvalue weighted by atomic mass is 16.4. The minimum absolute atomic E-state index is 0.282. The summed E-state index contributed by atoms with van der Waals surface area (Å²) in [6.45, 7) is 4.33. The molecule has 4 nitrogen and oxygen atoms in total. The lowest BCUT2D eigenvalue weighted by Gasteiger charge is -2.39. The fourth-order valence-electron chi connectivity index (χ4n) is 2.32. The molecule has 0 radical (unpaired) electrons. The molecule has 0 aliphatic carbocycles. The molecule has 1 heterocycles. The van der Waals surface area contributed by atoms with Gasteiger partial charge in [0.1, 0.15) is 0 Å². The van der Waals surface area contributed by atoms with Gasteiger partial charge in [-0.05, 0) is 46.8 Å². The van der Waals surface area contributed by atoms with E-state index in [-0.39, 0.29) is 6.42 Å². The van der Waals surface area contributed by atoms with E-state index in [4.69, 9.17) is 5.11 Å². The minimum atomic E-state index is -0.687. The average molecular weight is 228 g/mol. The van der Waals surface area contributed by atoms with Gasteiger partial charge in [-0.1, -0.05) is 0 Å². The topological polar surface area (TPSA) is 43.8 Å². The van der Waals surface area contributed by atoms with Crippen molar-refractivity contribution < 1.29 is 9.90 Å². The van der Waals surface area contributed by atoms with Gasteiger partial charge in [0.05, 0.1) is 0 Å². The van der Waals surface area contributed by atoms with Gasteiger partial charge < -0.3 is 10.0 Å². The molecule has 0 aromatic heterocycles. The van der Waals surface area contributed by atoms with Crippen LogP contribution in [0.3, 0.4) is 0 Å². The maximum atomic E-state index is 10.5. The number of likely N-dealkylation sites (N-methyl/N-ethyl adjacent to an activating group) is 1. The third-order valence-corrected chi connectivity index (χ3v) is 3.56. The fourth-order valence-corrected chi connectivity index (χ4v) is 2.32. The number of likely N-dealkylation sites (tertiary alicyclic amines) is 1. The number of carboxylic acid groups (broad SMARTS) is 1. The molecule has 0 bridgehead atoms. The molecular formula is C12H24N2O2. The molecule has 0 aromatic carbocycles. The van der Waals surface area contributed by atoms with Gasteiger partial charge >= 0.3 is 5.97 Å². The molecule has 1 aliphatic rings. The van der Waals surface area contributed by atoms with E-state index in [2.05, 4.69) is 30.8 Å². The van der Waals surface area contributed by atoms with E-state index >= 15 is 0 Å². The van der Waals surface area contributed by atoms with Crippen LogP contribution in [0.25, 0.3) is 0 Å². The lowest BCUT2D eigenvalue weighted by atomic mass is 10.0. The molecule has 16 heavy (non-hydrogen) atoms. The molecule has 1 N–H and O–H groups in total. The highest BCUT2D eigenvalue weighted by molar-refractivity contribution is 5.66. The molecule has 0 amide bonds. The predicted octanol–water partition coefficient (Wildman–Crippen LogP) is 1.27. The van der Waals surface area contributed by atoms with Gasteiger partial charge in [-0.3, -0.25) is 9.69 Å². The van der Waals surface area contributed by atoms with E-state index in [9.17, 15) is 4.79 Å². The first-order valence-corrected chi connectivity index (χ1v) is 6.13. The number of carbonyl (C=O) groups is 1. The highest BCUT2D eigenvalue weighted by Gasteiger charge is 2.24. The van der Waals surface area contributed by atoms with Crippen molar-refractivity contribution in [3.63, 3.8) is 0 Å². The summed E-state index contributed by atoms with van der Waals surface area (Å²) in [6.07, 6.45) is 3.52. The van der Waals surface area contributed by atoms with Crippen LogP contribution in [0.2, 0.25) is 0 Å². The monoisotopic (exact) mass is 228 g/mol. The van der Waals surface area contributed by atoms with Crippen LogP contribution >= 0.6 is 0 Å². The number of aliphatic carboxylic acids is 1. The van der Waals surface area contributed by atoms with Gasteiger partial charge in [0.15, 0.2) is 0 Å². The minimum Gasteiger partial charge on any atom is -0.481 e. The van der Waals surface area contributed by atoms with Crippen molar-refractivity contribution in [3.8, 4) is 0 Å². The lowest BCUT2D eigenvalue weighted by molar-refractivity contribution is -0.137. The van der Waals surface area contributed by atoms with Crippen LogP contribution in [-0.4, -0.2) is 60.1 Å². The Kier molecular flexibility index (Phi) is 5.22. The molecule has 1 saturated heterocycles. The Balaban J connectivity index is 2.37. The molecule has 4 heteroatoms. The number of hydrogen-bond acceptors (Lipinski definition) is 3. The standard InChI is InChI=1S/C12H24N2O2/c1-10(6-7-12(15)16)14-8-4-5-11(9-14)13(2)3/h10-11H,4-9H2,1-3H3,(H,15,16). The number of nitrogens with zero attached hydrogens (tertiary/aromatic N) is 2. The summed E-state index contributed by atoms with van der Waals surface area (Å²) < 4.78 is 0. The summed E-state index contributed by atoms with van der Waals surface area (Å²) in [4.78, 5) is 15.2. The quantitative estimate of drug-likeness (QED) is 0.769. The smallest absolute Gasteiger partial charge is 0.303 e. The predicted molar refractivity (Wildman–Crippen MR) is 64.6 cm³/mol. The van der Waals surface area contributed by atoms with Gasteiger partial charge in [-0.25, -0.2) is 0 Å². The van der Waals surface area contributed by atoms with E-state index in [1.807, 2.05) is 0 Å². The van der Waals surface area contributed by atoms with E-state index in [1.165, 1.54) is 12.8 Å². The molecule has 1 rings (SSSR count). The Morgan fingerprint density at radius 2 is 2.25 bits per heavy atom. The third-order valence-electron chi connectivity index (χ3n) is 3.56. The summed E-state index contributed by atoms with van der Waals surface area (Å²) in [5.41, 5.74) is 0. The van der Waals surface area contributed by atoms with Crippen molar-refractivity contribution in [2.45, 2.75) is 44.7 Å². The normalized spacial score (nSPS) is 24.6. The Labute approximate surface area is 98.2 Å². The van der Waals surface area contributed by atoms with Crippen molar-refractivity contribution in [1.82, 2.24) is 9.80 Å². The SMILES string of the molecule is CC(CCC(=O)O)N1CCCC(N(C)C)C1. The number of piperidine rings is 1. The van der Waals surface area contributed by atoms with Gasteiger partial charge in [0, 0.05) is 25.0 Å². The first-order chi connectivity index (χ1) is 7.50. The molecule has 1 fully saturated rings. The lowest BCUT2D eigenvalue weighted by Crippen LogP contribution is -2.48. The van der Waals surface area contributed by atoms with Crippen LogP contribution in [0.15, 0.2) is 0 Å². The van der Waals surface area contributed by atoms with Crippen molar-refractivity contribution in [3.05, 3.63) is 0 Å². The summed E-state index contributed by atoms with van der Waals surface area (Å²) >= 11 is 0. The zero-order chi connectivity index (χ0) is 12.1. The summed E-state index contributed by atoms with van der Waals surface area (Å²) in [5, 5.41) is 8.67. The second-order valence-electron chi connectivity index (χ2n) is 5.04. The van der Waals surface area contributed by atoms with Crippen molar-refractivity contribution in [2.75, 3.05) is 27.2 Å². The maximum absolute atomic E-state index is 10.5. The maximum Gasteiger partial charge on any atom is 0.303 e. The van der Waals surface area contributed by atoms with Gasteiger partial charge in [-0.2, -0.15) is 0 Å². The van der Waals surface area contributed by atoms with E-state index in [1.54, 1.807) is 0 Å². The summed E-state index contributed by atoms with van der Waals surface area (Å²) in [6, 6.07) is 1.01. The van der Waals surface area contributed by atoms with E-state index < -0.39 is 5.97 Å². The Hall–Kier alpha value is -0.610. The number of hydrogen-bond donors (Lipinski definition) is 1. The number of carboxylic acids is 1. The molecular weight excluding hydrogens is 204 g/mol. The van der Waals surface area contributed by atoms with Crippen LogP contribution < -0.4 is 0 Å². The molecule has 0 aromatic rings. The molecule has 1 aliphatic heterocycles. The van der Waals surface area contributed by atoms with Crippen LogP contribution in [0.5, 0.6) is 0 Å². The molecule has 0 saturated carbocycles. The Morgan fingerprint density at radius 3 is 2.81 bits per heavy atom. The molecule has 2 unspecified atom stereocenters. The van der Waals surface area contributed by atoms with Gasteiger partial charge in [0.25, 0.3) is 0 Å². The van der Waals surface area contributed by atoms with Crippen molar-refractivity contribution in [1.29, 1.82) is 0 Å². The second kappa shape index (κ2) is 6.21. The Bertz CT molecular complexity index is 231. The fraction of sp³-hybridized carbons (Fsp3) is 0.917. The van der Waals surface area contributed by atoms with E-state index in [0.29, 0.717) is 12.1 Å². The van der Waals surface area contributed by atoms with Crippen LogP contribution in [0.4, 0.5) is 0 Å². The third kappa shape index (κ3) is 4.10. The molecule has 94 valence electrons. The Morgan fingerprint density at radius 1 is 1.56 bits per heavy atom. The van der Waals surface area contributed by atoms with Crippen LogP contribution in [-0.2, 0) is 4.79 Å². The van der Waals surface area contributed by atoms with Crippen LogP contribution in [0.1, 0.15) is 32.6 Å². The van der Waals surface area contributed by atoms with Crippen LogP contribution in [0, 0.1) is 0 Å². The summed E-state index contributed by atoms with van der Waals surface area (Å²) in [5.74, 6) is -0.687. The molecule has 0 spiro atoms. The molecule has 2 atom stereocenters. The van der Waals surface area contributed by atoms with Gasteiger partial charge in [-0.15, -0.1) is 0 Å². The highest BCUT2D eigenvalue weighted by Crippen LogP contribution is 2.18. The zero-order valence-electron chi connectivity index (χ0n) is 10.6. The second-order valence-corrected chi connectivity index (χ2v) is 5.04. The first kappa shape index (κ1) is 13.5. The largest absolute Gasteiger partial charge is 0.481 e. The number of rotatable bonds is 5. The summed E-state index contributed by atoms with van der Waals surface area (Å²) in [7, 11) is 4.24. The first-order valence-electron chi connectivity index (χ1n) is 6.13. The average Bonchev–Trinajstić information content (AvgIpc) is 2.26. The van der Waals surface area contributed by atoms with Gasteiger partial charge in [0.2, 0.25) is 0 Å². The zero-order valence-corrected chi connectivity index (χ0v) is 10.6. The van der Waals surface area contributed by atoms with Crippen molar-refractivity contribution in [2.24, 2.45) is 0 Å². The van der Waals surface area contributed by atoms with E-state index in [0.717, 1.165) is 19.5 Å².